The molecule has 4 rings (SSSR count). The average molecular weight is 374 g/mol. The summed E-state index contributed by atoms with van der Waals surface area (Å²) < 4.78 is 0. The van der Waals surface area contributed by atoms with Gasteiger partial charge in [-0.25, -0.2) is 4.79 Å². The number of nitrogens with zero attached hydrogens (tertiary/aromatic N) is 3. The zero-order valence-electron chi connectivity index (χ0n) is 15.4. The van der Waals surface area contributed by atoms with Crippen molar-refractivity contribution >= 4 is 45.9 Å². The van der Waals surface area contributed by atoms with E-state index in [0.717, 1.165) is 21.6 Å². The first-order valence-corrected chi connectivity index (χ1v) is 8.67. The number of rotatable bonds is 4. The second-order valence-electron chi connectivity index (χ2n) is 6.65. The number of aromatic nitrogens is 1. The molecule has 2 heterocycles. The second-order valence-corrected chi connectivity index (χ2v) is 6.65. The van der Waals surface area contributed by atoms with Gasteiger partial charge in [0.1, 0.15) is 0 Å². The monoisotopic (exact) mass is 374 g/mol. The number of hydrogen-bond donors (Lipinski definition) is 2. The Bertz CT molecular complexity index is 1140. The fourth-order valence-corrected chi connectivity index (χ4v) is 3.10. The minimum absolute atomic E-state index is 0.0377. The van der Waals surface area contributed by atoms with Gasteiger partial charge in [-0.15, -0.1) is 0 Å². The standard InChI is InChI=1S/C21H18N4O3/c1-24(2)16-9-8-13-10-14(22-18(13)12-16)11-17-19(21(27)28)23-25(20(17)26)15-6-4-3-5-7-15/h3-12,22H,1-2H3,(H,27,28)/b17-11-. The highest BCUT2D eigenvalue weighted by atomic mass is 16.4. The molecule has 0 saturated carbocycles. The lowest BCUT2D eigenvalue weighted by molar-refractivity contribution is -0.129. The van der Waals surface area contributed by atoms with Crippen LogP contribution in [0.4, 0.5) is 11.4 Å². The Morgan fingerprint density at radius 1 is 1.14 bits per heavy atom. The summed E-state index contributed by atoms with van der Waals surface area (Å²) in [7, 11) is 3.91. The molecular formula is C21H18N4O3. The number of amides is 1. The van der Waals surface area contributed by atoms with Gasteiger partial charge >= 0.3 is 5.97 Å². The Balaban J connectivity index is 1.75. The number of carboxylic acids is 1. The number of hydrazone groups is 1. The summed E-state index contributed by atoms with van der Waals surface area (Å²) in [5.41, 5.74) is 2.85. The van der Waals surface area contributed by atoms with Crippen molar-refractivity contribution in [1.82, 2.24) is 4.98 Å². The van der Waals surface area contributed by atoms with Crippen LogP contribution < -0.4 is 9.91 Å². The number of carboxylic acid groups (broad SMARTS) is 1. The molecule has 1 aliphatic heterocycles. The molecule has 0 unspecified atom stereocenters. The Labute approximate surface area is 161 Å². The predicted octanol–water partition coefficient (Wildman–Crippen LogP) is 3.10. The van der Waals surface area contributed by atoms with E-state index >= 15 is 0 Å². The van der Waals surface area contributed by atoms with Crippen molar-refractivity contribution in [3.05, 3.63) is 65.9 Å². The fourth-order valence-electron chi connectivity index (χ4n) is 3.10. The van der Waals surface area contributed by atoms with E-state index in [1.165, 1.54) is 6.08 Å². The van der Waals surface area contributed by atoms with Crippen molar-refractivity contribution in [1.29, 1.82) is 0 Å². The number of nitrogens with one attached hydrogen (secondary N) is 1. The van der Waals surface area contributed by atoms with Gasteiger partial charge in [-0.3, -0.25) is 4.79 Å². The number of fused-ring (bicyclic) bond motifs is 1. The van der Waals surface area contributed by atoms with Crippen molar-refractivity contribution in [2.75, 3.05) is 24.0 Å². The van der Waals surface area contributed by atoms with Crippen LogP contribution in [0.2, 0.25) is 0 Å². The summed E-state index contributed by atoms with van der Waals surface area (Å²) in [5.74, 6) is -1.72. The summed E-state index contributed by atoms with van der Waals surface area (Å²) >= 11 is 0. The van der Waals surface area contributed by atoms with Crippen molar-refractivity contribution in [2.45, 2.75) is 0 Å². The summed E-state index contributed by atoms with van der Waals surface area (Å²) in [6, 6.07) is 16.6. The maximum Gasteiger partial charge on any atom is 0.357 e. The third-order valence-corrected chi connectivity index (χ3v) is 4.52. The minimum Gasteiger partial charge on any atom is -0.476 e. The smallest absolute Gasteiger partial charge is 0.357 e. The number of H-pyrrole nitrogens is 1. The maximum atomic E-state index is 12.8. The molecule has 1 aromatic heterocycles. The molecule has 2 aromatic carbocycles. The molecule has 1 amide bonds. The SMILES string of the molecule is CN(C)c1ccc2cc(/C=C3\C(=O)N(c4ccccc4)N=C3C(=O)O)[nH]c2c1. The molecule has 140 valence electrons. The lowest BCUT2D eigenvalue weighted by Gasteiger charge is -2.11. The Kier molecular flexibility index (Phi) is 4.19. The Morgan fingerprint density at radius 2 is 1.89 bits per heavy atom. The van der Waals surface area contributed by atoms with E-state index in [1.54, 1.807) is 24.3 Å². The third kappa shape index (κ3) is 3.03. The minimum atomic E-state index is -1.25. The van der Waals surface area contributed by atoms with E-state index in [9.17, 15) is 14.7 Å². The Morgan fingerprint density at radius 3 is 2.57 bits per heavy atom. The van der Waals surface area contributed by atoms with E-state index in [-0.39, 0.29) is 11.3 Å². The number of hydrogen-bond acceptors (Lipinski definition) is 4. The molecule has 2 N–H and O–H groups in total. The third-order valence-electron chi connectivity index (χ3n) is 4.52. The van der Waals surface area contributed by atoms with Crippen molar-refractivity contribution < 1.29 is 14.7 Å². The summed E-state index contributed by atoms with van der Waals surface area (Å²) in [6.45, 7) is 0. The molecule has 28 heavy (non-hydrogen) atoms. The van der Waals surface area contributed by atoms with E-state index < -0.39 is 11.9 Å². The molecule has 0 atom stereocenters. The molecule has 7 nitrogen and oxygen atoms in total. The van der Waals surface area contributed by atoms with Gasteiger partial charge in [-0.1, -0.05) is 24.3 Å². The molecule has 0 spiro atoms. The van der Waals surface area contributed by atoms with Gasteiger partial charge in [0.25, 0.3) is 5.91 Å². The topological polar surface area (TPSA) is 89.0 Å². The summed E-state index contributed by atoms with van der Waals surface area (Å²) in [5, 5.41) is 15.6. The molecule has 0 saturated heterocycles. The van der Waals surface area contributed by atoms with Crippen LogP contribution in [-0.2, 0) is 9.59 Å². The van der Waals surface area contributed by atoms with E-state index in [1.807, 2.05) is 49.3 Å². The largest absolute Gasteiger partial charge is 0.476 e. The summed E-state index contributed by atoms with van der Waals surface area (Å²) in [6.07, 6.45) is 1.54. The highest BCUT2D eigenvalue weighted by molar-refractivity contribution is 6.53. The molecular weight excluding hydrogens is 356 g/mol. The second kappa shape index (κ2) is 6.70. The van der Waals surface area contributed by atoms with Crippen LogP contribution in [0.5, 0.6) is 0 Å². The number of aromatic amines is 1. The van der Waals surface area contributed by atoms with Gasteiger partial charge in [0.15, 0.2) is 5.71 Å². The number of para-hydroxylation sites is 1. The predicted molar refractivity (Wildman–Crippen MR) is 110 cm³/mol. The van der Waals surface area contributed by atoms with Gasteiger partial charge in [-0.05, 0) is 36.4 Å². The van der Waals surface area contributed by atoms with Gasteiger partial charge in [-0.2, -0.15) is 10.1 Å². The van der Waals surface area contributed by atoms with E-state index in [0.29, 0.717) is 11.4 Å². The quantitative estimate of drug-likeness (QED) is 0.687. The number of benzene rings is 2. The zero-order chi connectivity index (χ0) is 19.8. The average Bonchev–Trinajstić information content (AvgIpc) is 3.23. The Hall–Kier alpha value is -3.87. The van der Waals surface area contributed by atoms with E-state index in [4.69, 9.17) is 0 Å². The number of anilines is 2. The van der Waals surface area contributed by atoms with Crippen molar-refractivity contribution in [3.63, 3.8) is 0 Å². The molecule has 1 aliphatic rings. The van der Waals surface area contributed by atoms with Crippen molar-refractivity contribution in [3.8, 4) is 0 Å². The number of aliphatic carboxylic acids is 1. The maximum absolute atomic E-state index is 12.8. The lowest BCUT2D eigenvalue weighted by Crippen LogP contribution is -2.22. The normalized spacial score (nSPS) is 15.4. The molecule has 0 radical (unpaired) electrons. The number of carbonyl (C=O) groups is 2. The van der Waals surface area contributed by atoms with Crippen LogP contribution in [0.3, 0.4) is 0 Å². The van der Waals surface area contributed by atoms with Crippen molar-refractivity contribution in [2.24, 2.45) is 5.10 Å². The number of carbonyl (C=O) groups excluding carboxylic acids is 1. The van der Waals surface area contributed by atoms with Gasteiger partial charge in [0, 0.05) is 36.4 Å². The van der Waals surface area contributed by atoms with E-state index in [2.05, 4.69) is 10.1 Å². The lowest BCUT2D eigenvalue weighted by atomic mass is 10.1. The first-order valence-electron chi connectivity index (χ1n) is 8.67. The molecule has 3 aromatic rings. The van der Waals surface area contributed by atoms with Crippen LogP contribution in [0.1, 0.15) is 5.69 Å². The highest BCUT2D eigenvalue weighted by Gasteiger charge is 2.35. The molecule has 0 bridgehead atoms. The van der Waals surface area contributed by atoms with Gasteiger partial charge in [0.05, 0.1) is 11.3 Å². The first-order chi connectivity index (χ1) is 13.4. The van der Waals surface area contributed by atoms with Gasteiger partial charge in [0.2, 0.25) is 0 Å². The molecule has 0 aliphatic carbocycles. The molecule has 7 heteroatoms. The fraction of sp³-hybridized carbons (Fsp3) is 0.0952. The summed E-state index contributed by atoms with van der Waals surface area (Å²) in [4.78, 5) is 29.7. The van der Waals surface area contributed by atoms with Crippen LogP contribution in [0.15, 0.2) is 65.3 Å². The zero-order valence-corrected chi connectivity index (χ0v) is 15.4. The first kappa shape index (κ1) is 17.5. The highest BCUT2D eigenvalue weighted by Crippen LogP contribution is 2.27. The van der Waals surface area contributed by atoms with Crippen LogP contribution in [0.25, 0.3) is 17.0 Å². The molecule has 0 fully saturated rings. The van der Waals surface area contributed by atoms with Crippen LogP contribution in [0, 0.1) is 0 Å². The van der Waals surface area contributed by atoms with Crippen LogP contribution >= 0.6 is 0 Å². The van der Waals surface area contributed by atoms with Gasteiger partial charge < -0.3 is 15.0 Å². The van der Waals surface area contributed by atoms with Crippen LogP contribution in [-0.4, -0.2) is 41.8 Å².